The molecule has 1 rings (SSSR count). The van der Waals surface area contributed by atoms with Gasteiger partial charge in [0.15, 0.2) is 0 Å². The summed E-state index contributed by atoms with van der Waals surface area (Å²) in [5.41, 5.74) is 1.28. The monoisotopic (exact) mass is 180 g/mol. The molecular weight excluding hydrogens is 171 g/mol. The Bertz CT molecular complexity index is 147. The van der Waals surface area contributed by atoms with Crippen LogP contribution in [0.2, 0.25) is 0 Å². The van der Waals surface area contributed by atoms with E-state index in [4.69, 9.17) is 0 Å². The minimum Gasteiger partial charge on any atom is -0.269 e. The normalized spacial score (nSPS) is 13.0. The second-order valence-corrected chi connectivity index (χ2v) is 1.80. The standard InChI is InChI=1S/C8H9.Al.Ti/c1-2-5-8-6-3-4-7-8;;/h2-3,6H,1,4-5H2;;/q-1;;. The Morgan fingerprint density at radius 2 is 2.40 bits per heavy atom. The van der Waals surface area contributed by atoms with Crippen LogP contribution >= 0.6 is 0 Å². The van der Waals surface area contributed by atoms with Crippen molar-refractivity contribution in [2.45, 2.75) is 12.8 Å². The van der Waals surface area contributed by atoms with Gasteiger partial charge < -0.3 is 0 Å². The third-order valence-electron chi connectivity index (χ3n) is 1.13. The van der Waals surface area contributed by atoms with Crippen LogP contribution in [0.4, 0.5) is 0 Å². The second kappa shape index (κ2) is 7.57. The maximum Gasteiger partial charge on any atom is 0 e. The molecule has 0 spiro atoms. The first-order valence-corrected chi connectivity index (χ1v) is 2.80. The first kappa shape index (κ1) is 13.1. The van der Waals surface area contributed by atoms with Crippen molar-refractivity contribution in [1.82, 2.24) is 0 Å². The van der Waals surface area contributed by atoms with Crippen LogP contribution < -0.4 is 0 Å². The zero-order valence-electron chi connectivity index (χ0n) is 5.93. The number of rotatable bonds is 2. The Morgan fingerprint density at radius 3 is 2.80 bits per heavy atom. The molecule has 2 heteroatoms. The molecule has 0 saturated carbocycles. The third kappa shape index (κ3) is 4.31. The molecule has 0 saturated heterocycles. The molecule has 0 aliphatic heterocycles. The molecule has 0 fully saturated rings. The Kier molecular flexibility index (Phi) is 9.91. The van der Waals surface area contributed by atoms with Gasteiger partial charge in [-0.05, 0) is 6.42 Å². The van der Waals surface area contributed by atoms with Gasteiger partial charge in [0, 0.05) is 39.1 Å². The van der Waals surface area contributed by atoms with E-state index in [9.17, 15) is 0 Å². The van der Waals surface area contributed by atoms with Crippen molar-refractivity contribution in [3.8, 4) is 0 Å². The van der Waals surface area contributed by atoms with E-state index >= 15 is 0 Å². The van der Waals surface area contributed by atoms with Gasteiger partial charge >= 0.3 is 0 Å². The molecule has 0 heterocycles. The zero-order chi connectivity index (χ0) is 5.82. The number of hydrogen-bond donors (Lipinski definition) is 0. The summed E-state index contributed by atoms with van der Waals surface area (Å²) in [5.74, 6) is 0. The molecule has 0 aromatic rings. The van der Waals surface area contributed by atoms with E-state index in [1.807, 2.05) is 6.08 Å². The minimum absolute atomic E-state index is 0. The SMILES string of the molecule is C=CCC1=[C-]CC=C1.[Al].[Ti]. The molecule has 1 aliphatic carbocycles. The van der Waals surface area contributed by atoms with E-state index in [1.54, 1.807) is 0 Å². The largest absolute Gasteiger partial charge is 0.269 e. The summed E-state index contributed by atoms with van der Waals surface area (Å²) in [6.45, 7) is 3.63. The summed E-state index contributed by atoms with van der Waals surface area (Å²) >= 11 is 0. The molecule has 0 aromatic heterocycles. The molecule has 0 unspecified atom stereocenters. The zero-order valence-corrected chi connectivity index (χ0v) is 8.65. The van der Waals surface area contributed by atoms with Gasteiger partial charge in [-0.15, -0.1) is 13.0 Å². The molecule has 0 nitrogen and oxygen atoms in total. The van der Waals surface area contributed by atoms with Crippen molar-refractivity contribution in [2.24, 2.45) is 0 Å². The van der Waals surface area contributed by atoms with Gasteiger partial charge in [0.25, 0.3) is 0 Å². The molecule has 49 valence electrons. The van der Waals surface area contributed by atoms with E-state index < -0.39 is 0 Å². The van der Waals surface area contributed by atoms with E-state index in [2.05, 4.69) is 24.8 Å². The fourth-order valence-corrected chi connectivity index (χ4v) is 0.746. The molecule has 0 aromatic carbocycles. The van der Waals surface area contributed by atoms with E-state index in [-0.39, 0.29) is 39.1 Å². The molecule has 0 amide bonds. The summed E-state index contributed by atoms with van der Waals surface area (Å²) < 4.78 is 0. The number of hydrogen-bond acceptors (Lipinski definition) is 0. The first-order chi connectivity index (χ1) is 3.93. The van der Waals surface area contributed by atoms with E-state index in [0.29, 0.717) is 0 Å². The van der Waals surface area contributed by atoms with Gasteiger partial charge in [0.05, 0.1) is 0 Å². The summed E-state index contributed by atoms with van der Waals surface area (Å²) in [6.07, 6.45) is 11.3. The van der Waals surface area contributed by atoms with Crippen molar-refractivity contribution < 1.29 is 21.7 Å². The molecule has 0 bridgehead atoms. The Labute approximate surface area is 88.1 Å². The average Bonchev–Trinajstić information content (AvgIpc) is 2.19. The van der Waals surface area contributed by atoms with Crippen molar-refractivity contribution in [3.63, 3.8) is 0 Å². The predicted molar refractivity (Wildman–Crippen MR) is 41.1 cm³/mol. The summed E-state index contributed by atoms with van der Waals surface area (Å²) in [4.78, 5) is 0. The van der Waals surface area contributed by atoms with Gasteiger partial charge in [-0.1, -0.05) is 6.08 Å². The van der Waals surface area contributed by atoms with Crippen LogP contribution in [-0.2, 0) is 21.7 Å². The molecule has 1 aliphatic rings. The van der Waals surface area contributed by atoms with Crippen LogP contribution in [0.25, 0.3) is 0 Å². The fraction of sp³-hybridized carbons (Fsp3) is 0.250. The fourth-order valence-electron chi connectivity index (χ4n) is 0.746. The molecule has 3 radical (unpaired) electrons. The van der Waals surface area contributed by atoms with Crippen LogP contribution in [-0.4, -0.2) is 17.4 Å². The van der Waals surface area contributed by atoms with Crippen molar-refractivity contribution in [3.05, 3.63) is 36.5 Å². The predicted octanol–water partition coefficient (Wildman–Crippen LogP) is 1.87. The van der Waals surface area contributed by atoms with Crippen molar-refractivity contribution in [1.29, 1.82) is 0 Å². The summed E-state index contributed by atoms with van der Waals surface area (Å²) in [6, 6.07) is 0. The van der Waals surface area contributed by atoms with Crippen LogP contribution in [0.5, 0.6) is 0 Å². The Hall–Kier alpha value is 0.467. The maximum atomic E-state index is 3.63. The van der Waals surface area contributed by atoms with Gasteiger partial charge in [-0.25, -0.2) is 11.6 Å². The van der Waals surface area contributed by atoms with Gasteiger partial charge in [-0.3, -0.25) is 6.08 Å². The Morgan fingerprint density at radius 1 is 1.70 bits per heavy atom. The average molecular weight is 180 g/mol. The smallest absolute Gasteiger partial charge is 0 e. The van der Waals surface area contributed by atoms with Gasteiger partial charge in [0.2, 0.25) is 0 Å². The molecule has 0 N–H and O–H groups in total. The van der Waals surface area contributed by atoms with Crippen molar-refractivity contribution >= 4 is 17.4 Å². The maximum absolute atomic E-state index is 3.63. The topological polar surface area (TPSA) is 0 Å². The molecular formula is C8H9AlTi-. The second-order valence-electron chi connectivity index (χ2n) is 1.80. The Balaban J connectivity index is 0. The summed E-state index contributed by atoms with van der Waals surface area (Å²) in [5, 5.41) is 0. The minimum atomic E-state index is 0. The van der Waals surface area contributed by atoms with Crippen LogP contribution in [0.3, 0.4) is 0 Å². The first-order valence-electron chi connectivity index (χ1n) is 2.80. The van der Waals surface area contributed by atoms with Crippen LogP contribution in [0.15, 0.2) is 30.4 Å². The van der Waals surface area contributed by atoms with Crippen LogP contribution in [0.1, 0.15) is 12.8 Å². The number of allylic oxidation sites excluding steroid dienone is 5. The van der Waals surface area contributed by atoms with E-state index in [1.165, 1.54) is 5.57 Å². The van der Waals surface area contributed by atoms with E-state index in [0.717, 1.165) is 12.8 Å². The molecule has 0 atom stereocenters. The van der Waals surface area contributed by atoms with Crippen LogP contribution in [0, 0.1) is 6.08 Å². The van der Waals surface area contributed by atoms with Gasteiger partial charge in [0.1, 0.15) is 0 Å². The quantitative estimate of drug-likeness (QED) is 0.345. The third-order valence-corrected chi connectivity index (χ3v) is 1.13. The van der Waals surface area contributed by atoms with Gasteiger partial charge in [-0.2, -0.15) is 6.08 Å². The molecule has 10 heavy (non-hydrogen) atoms. The van der Waals surface area contributed by atoms with Crippen molar-refractivity contribution in [2.75, 3.05) is 0 Å². The summed E-state index contributed by atoms with van der Waals surface area (Å²) in [7, 11) is 0.